The topological polar surface area (TPSA) is 15.3 Å². The average Bonchev–Trinajstić information content (AvgIpc) is 2.01. The van der Waals surface area contributed by atoms with Crippen molar-refractivity contribution in [2.75, 3.05) is 20.1 Å². The van der Waals surface area contributed by atoms with Gasteiger partial charge >= 0.3 is 0 Å². The number of rotatable bonds is 4. The molecule has 1 aliphatic heterocycles. The zero-order valence-electron chi connectivity index (χ0n) is 10.2. The Morgan fingerprint density at radius 3 is 2.64 bits per heavy atom. The van der Waals surface area contributed by atoms with Gasteiger partial charge in [-0.2, -0.15) is 0 Å². The number of piperidine rings is 1. The summed E-state index contributed by atoms with van der Waals surface area (Å²) in [4.78, 5) is 2.43. The summed E-state index contributed by atoms with van der Waals surface area (Å²) >= 11 is 0. The highest BCUT2D eigenvalue weighted by Crippen LogP contribution is 2.11. The Hall–Kier alpha value is -0.0800. The third kappa shape index (κ3) is 4.43. The van der Waals surface area contributed by atoms with Crippen LogP contribution in [-0.4, -0.2) is 37.1 Å². The summed E-state index contributed by atoms with van der Waals surface area (Å²) in [6.07, 6.45) is 4.00. The molecule has 1 saturated heterocycles. The minimum atomic E-state index is 0.673. The van der Waals surface area contributed by atoms with Crippen LogP contribution in [-0.2, 0) is 0 Å². The lowest BCUT2D eigenvalue weighted by atomic mass is 10.0. The van der Waals surface area contributed by atoms with Gasteiger partial charge in [-0.05, 0) is 45.7 Å². The molecule has 0 aliphatic carbocycles. The van der Waals surface area contributed by atoms with E-state index in [2.05, 4.69) is 38.0 Å². The second-order valence-corrected chi connectivity index (χ2v) is 5.30. The van der Waals surface area contributed by atoms with E-state index in [0.29, 0.717) is 6.04 Å². The number of likely N-dealkylation sites (N-methyl/N-ethyl adjacent to an activating group) is 1. The van der Waals surface area contributed by atoms with Gasteiger partial charge in [0.15, 0.2) is 0 Å². The lowest BCUT2D eigenvalue weighted by molar-refractivity contribution is 0.213. The summed E-state index contributed by atoms with van der Waals surface area (Å²) in [5, 5.41) is 3.74. The van der Waals surface area contributed by atoms with Crippen LogP contribution in [0.2, 0.25) is 0 Å². The van der Waals surface area contributed by atoms with Crippen molar-refractivity contribution < 1.29 is 0 Å². The summed E-state index contributed by atoms with van der Waals surface area (Å²) in [6, 6.07) is 1.40. The van der Waals surface area contributed by atoms with E-state index in [1.54, 1.807) is 0 Å². The second kappa shape index (κ2) is 5.72. The molecular formula is C12H26N2. The van der Waals surface area contributed by atoms with Crippen molar-refractivity contribution in [3.63, 3.8) is 0 Å². The highest BCUT2D eigenvalue weighted by molar-refractivity contribution is 4.79. The van der Waals surface area contributed by atoms with Gasteiger partial charge in [0.05, 0.1) is 0 Å². The maximum Gasteiger partial charge on any atom is 0.0197 e. The van der Waals surface area contributed by atoms with Gasteiger partial charge in [0.2, 0.25) is 0 Å². The smallest absolute Gasteiger partial charge is 0.0197 e. The van der Waals surface area contributed by atoms with E-state index < -0.39 is 0 Å². The summed E-state index contributed by atoms with van der Waals surface area (Å²) in [6.45, 7) is 9.41. The van der Waals surface area contributed by atoms with Crippen molar-refractivity contribution in [3.05, 3.63) is 0 Å². The maximum atomic E-state index is 3.74. The van der Waals surface area contributed by atoms with E-state index in [9.17, 15) is 0 Å². The Bertz CT molecular complexity index is 156. The number of likely N-dealkylation sites (tertiary alicyclic amines) is 1. The van der Waals surface area contributed by atoms with Crippen molar-refractivity contribution in [1.82, 2.24) is 10.2 Å². The first-order chi connectivity index (χ1) is 6.58. The molecule has 0 amide bonds. The molecule has 14 heavy (non-hydrogen) atoms. The van der Waals surface area contributed by atoms with Crippen LogP contribution in [0, 0.1) is 5.92 Å². The van der Waals surface area contributed by atoms with Crippen LogP contribution in [0.15, 0.2) is 0 Å². The van der Waals surface area contributed by atoms with Crippen molar-refractivity contribution in [3.8, 4) is 0 Å². The first-order valence-electron chi connectivity index (χ1n) is 6.02. The van der Waals surface area contributed by atoms with Crippen LogP contribution in [0.3, 0.4) is 0 Å². The first-order valence-corrected chi connectivity index (χ1v) is 6.02. The number of hydrogen-bond donors (Lipinski definition) is 1. The molecule has 1 fully saturated rings. The zero-order valence-corrected chi connectivity index (χ0v) is 10.2. The van der Waals surface area contributed by atoms with Crippen LogP contribution in [0.5, 0.6) is 0 Å². The van der Waals surface area contributed by atoms with Crippen LogP contribution in [0.25, 0.3) is 0 Å². The van der Waals surface area contributed by atoms with E-state index in [-0.39, 0.29) is 0 Å². The van der Waals surface area contributed by atoms with Crippen molar-refractivity contribution in [1.29, 1.82) is 0 Å². The van der Waals surface area contributed by atoms with Gasteiger partial charge in [-0.15, -0.1) is 0 Å². The minimum absolute atomic E-state index is 0.673. The molecular weight excluding hydrogens is 172 g/mol. The largest absolute Gasteiger partial charge is 0.310 e. The Labute approximate surface area is 89.1 Å². The predicted octanol–water partition coefficient (Wildman–Crippen LogP) is 2.10. The molecule has 1 aliphatic rings. The van der Waals surface area contributed by atoms with Crippen LogP contribution in [0.1, 0.15) is 40.0 Å². The van der Waals surface area contributed by atoms with Crippen molar-refractivity contribution >= 4 is 0 Å². The van der Waals surface area contributed by atoms with Gasteiger partial charge in [-0.1, -0.05) is 13.8 Å². The summed E-state index contributed by atoms with van der Waals surface area (Å²) in [5.74, 6) is 0.804. The van der Waals surface area contributed by atoms with E-state index in [0.717, 1.165) is 12.0 Å². The number of nitrogens with one attached hydrogen (secondary N) is 1. The van der Waals surface area contributed by atoms with Crippen LogP contribution < -0.4 is 5.32 Å². The minimum Gasteiger partial charge on any atom is -0.310 e. The average molecular weight is 198 g/mol. The molecule has 0 spiro atoms. The molecule has 2 heteroatoms. The molecule has 1 rings (SSSR count). The summed E-state index contributed by atoms with van der Waals surface area (Å²) < 4.78 is 0. The molecule has 84 valence electrons. The van der Waals surface area contributed by atoms with Gasteiger partial charge in [-0.3, -0.25) is 0 Å². The normalized spacial score (nSPS) is 26.8. The van der Waals surface area contributed by atoms with Gasteiger partial charge < -0.3 is 10.2 Å². The molecule has 1 N–H and O–H groups in total. The molecule has 0 bridgehead atoms. The molecule has 0 aromatic heterocycles. The van der Waals surface area contributed by atoms with Gasteiger partial charge in [0.1, 0.15) is 0 Å². The highest BCUT2D eigenvalue weighted by atomic mass is 15.1. The molecule has 0 aromatic carbocycles. The highest BCUT2D eigenvalue weighted by Gasteiger charge is 2.18. The summed E-state index contributed by atoms with van der Waals surface area (Å²) in [5.41, 5.74) is 0. The van der Waals surface area contributed by atoms with Crippen LogP contribution in [0.4, 0.5) is 0 Å². The summed E-state index contributed by atoms with van der Waals surface area (Å²) in [7, 11) is 2.22. The van der Waals surface area contributed by atoms with Gasteiger partial charge in [-0.25, -0.2) is 0 Å². The SMILES string of the molecule is CC(C)CC(C)NC1CCCN(C)C1. The second-order valence-electron chi connectivity index (χ2n) is 5.30. The fourth-order valence-corrected chi connectivity index (χ4v) is 2.48. The van der Waals surface area contributed by atoms with E-state index >= 15 is 0 Å². The fourth-order valence-electron chi connectivity index (χ4n) is 2.48. The van der Waals surface area contributed by atoms with E-state index in [4.69, 9.17) is 0 Å². The lowest BCUT2D eigenvalue weighted by Gasteiger charge is -2.32. The fraction of sp³-hybridized carbons (Fsp3) is 1.00. The maximum absolute atomic E-state index is 3.74. The van der Waals surface area contributed by atoms with E-state index in [1.807, 2.05) is 0 Å². The zero-order chi connectivity index (χ0) is 10.6. The van der Waals surface area contributed by atoms with Crippen LogP contribution >= 0.6 is 0 Å². The Morgan fingerprint density at radius 2 is 2.07 bits per heavy atom. The third-order valence-electron chi connectivity index (χ3n) is 2.97. The van der Waals surface area contributed by atoms with Crippen molar-refractivity contribution in [2.24, 2.45) is 5.92 Å². The quantitative estimate of drug-likeness (QED) is 0.744. The third-order valence-corrected chi connectivity index (χ3v) is 2.97. The monoisotopic (exact) mass is 198 g/mol. The molecule has 2 unspecified atom stereocenters. The molecule has 1 heterocycles. The molecule has 2 atom stereocenters. The lowest BCUT2D eigenvalue weighted by Crippen LogP contribution is -2.47. The molecule has 0 radical (unpaired) electrons. The van der Waals surface area contributed by atoms with Gasteiger partial charge in [0.25, 0.3) is 0 Å². The Morgan fingerprint density at radius 1 is 1.36 bits per heavy atom. The van der Waals surface area contributed by atoms with Crippen molar-refractivity contribution in [2.45, 2.75) is 52.1 Å². The number of nitrogens with zero attached hydrogens (tertiary/aromatic N) is 1. The molecule has 0 aromatic rings. The molecule has 2 nitrogen and oxygen atoms in total. The standard InChI is InChI=1S/C12H26N2/c1-10(2)8-11(3)13-12-6-5-7-14(4)9-12/h10-13H,5-9H2,1-4H3. The molecule has 0 saturated carbocycles. The predicted molar refractivity (Wildman–Crippen MR) is 62.6 cm³/mol. The first kappa shape index (κ1) is 12.0. The Kier molecular flexibility index (Phi) is 4.90. The van der Waals surface area contributed by atoms with Gasteiger partial charge in [0, 0.05) is 18.6 Å². The number of hydrogen-bond acceptors (Lipinski definition) is 2. The van der Waals surface area contributed by atoms with E-state index in [1.165, 1.54) is 32.4 Å². The Balaban J connectivity index is 2.21.